The third kappa shape index (κ3) is 3.43. The lowest BCUT2D eigenvalue weighted by Crippen LogP contribution is -2.59. The molecule has 2 fully saturated rings. The number of aliphatic hydroxyl groups excluding tert-OH is 2. The summed E-state index contributed by atoms with van der Waals surface area (Å²) in [5, 5.41) is 44.2. The highest BCUT2D eigenvalue weighted by Gasteiger charge is 2.67. The highest BCUT2D eigenvalue weighted by Crippen LogP contribution is 2.66. The number of rotatable bonds is 5. The van der Waals surface area contributed by atoms with Crippen LogP contribution in [0.1, 0.15) is 79.6 Å². The van der Waals surface area contributed by atoms with Gasteiger partial charge in [-0.25, -0.2) is 0 Å². The fourth-order valence-corrected chi connectivity index (χ4v) is 7.49. The van der Waals surface area contributed by atoms with Crippen LogP contribution in [0, 0.1) is 28.6 Å². The summed E-state index contributed by atoms with van der Waals surface area (Å²) in [5.74, 6) is -0.829. The van der Waals surface area contributed by atoms with Crippen LogP contribution in [-0.2, 0) is 9.59 Å². The second-order valence-corrected chi connectivity index (χ2v) is 12.2. The highest BCUT2D eigenvalue weighted by molar-refractivity contribution is 5.97. The van der Waals surface area contributed by atoms with Crippen LogP contribution in [0.5, 0.6) is 0 Å². The topological polar surface area (TPSA) is 115 Å². The van der Waals surface area contributed by atoms with Gasteiger partial charge in [0, 0.05) is 29.1 Å². The number of aliphatic hydroxyl groups is 4. The molecule has 0 spiro atoms. The van der Waals surface area contributed by atoms with E-state index >= 15 is 0 Å². The zero-order chi connectivity index (χ0) is 24.6. The van der Waals surface area contributed by atoms with Crippen LogP contribution in [0.2, 0.25) is 0 Å². The van der Waals surface area contributed by atoms with Gasteiger partial charge in [-0.05, 0) is 68.6 Å². The number of ketones is 2. The smallest absolute Gasteiger partial charge is 0.164 e. The molecule has 0 aromatic rings. The lowest BCUT2D eigenvalue weighted by Gasteiger charge is -2.56. The Morgan fingerprint density at radius 3 is 2.52 bits per heavy atom. The molecular weight excluding hydrogens is 420 g/mol. The molecule has 0 aromatic heterocycles. The molecule has 0 heterocycles. The summed E-state index contributed by atoms with van der Waals surface area (Å²) >= 11 is 0. The van der Waals surface area contributed by atoms with E-state index in [9.17, 15) is 30.0 Å². The molecule has 0 aromatic carbocycles. The summed E-state index contributed by atoms with van der Waals surface area (Å²) in [4.78, 5) is 26.3. The van der Waals surface area contributed by atoms with Gasteiger partial charge in [0.15, 0.2) is 11.6 Å². The molecule has 4 N–H and O–H groups in total. The van der Waals surface area contributed by atoms with Gasteiger partial charge in [-0.3, -0.25) is 9.59 Å². The van der Waals surface area contributed by atoms with Gasteiger partial charge in [0.1, 0.15) is 5.60 Å². The summed E-state index contributed by atoms with van der Waals surface area (Å²) in [6.45, 7) is 9.57. The van der Waals surface area contributed by atoms with Gasteiger partial charge >= 0.3 is 0 Å². The molecule has 0 radical (unpaired) electrons. The number of hydrogen-bond acceptors (Lipinski definition) is 6. The van der Waals surface area contributed by atoms with Crippen molar-refractivity contribution in [1.82, 2.24) is 0 Å². The van der Waals surface area contributed by atoms with Crippen molar-refractivity contribution in [3.63, 3.8) is 0 Å². The van der Waals surface area contributed by atoms with Gasteiger partial charge in [0.2, 0.25) is 0 Å². The van der Waals surface area contributed by atoms with Gasteiger partial charge in [0.05, 0.1) is 17.8 Å². The van der Waals surface area contributed by atoms with E-state index in [1.54, 1.807) is 6.92 Å². The van der Waals surface area contributed by atoms with Crippen molar-refractivity contribution in [3.8, 4) is 0 Å². The average molecular weight is 461 g/mol. The Labute approximate surface area is 196 Å². The lowest BCUT2D eigenvalue weighted by atomic mass is 9.49. The van der Waals surface area contributed by atoms with E-state index in [4.69, 9.17) is 0 Å². The first-order chi connectivity index (χ1) is 15.2. The van der Waals surface area contributed by atoms with Crippen LogP contribution in [0.15, 0.2) is 23.3 Å². The van der Waals surface area contributed by atoms with Crippen molar-refractivity contribution >= 4 is 11.6 Å². The van der Waals surface area contributed by atoms with E-state index in [0.29, 0.717) is 43.6 Å². The summed E-state index contributed by atoms with van der Waals surface area (Å²) in [6, 6.07) is 0. The summed E-state index contributed by atoms with van der Waals surface area (Å²) < 4.78 is 0. The van der Waals surface area contributed by atoms with Gasteiger partial charge in [0.25, 0.3) is 0 Å². The third-order valence-electron chi connectivity index (χ3n) is 9.74. The maximum absolute atomic E-state index is 13.2. The normalized spacial score (nSPS) is 44.4. The van der Waals surface area contributed by atoms with Crippen LogP contribution in [-0.4, -0.2) is 55.4 Å². The predicted octanol–water partition coefficient (Wildman–Crippen LogP) is 2.87. The second-order valence-electron chi connectivity index (χ2n) is 12.2. The fraction of sp³-hybridized carbons (Fsp3) is 0.778. The van der Waals surface area contributed by atoms with E-state index in [0.717, 1.165) is 5.57 Å². The van der Waals surface area contributed by atoms with Crippen molar-refractivity contribution in [2.45, 2.75) is 103 Å². The van der Waals surface area contributed by atoms with Crippen molar-refractivity contribution < 1.29 is 30.0 Å². The number of Topliss-reactive ketones (excluding diaryl/α,β-unsaturated/α-hetero) is 1. The summed E-state index contributed by atoms with van der Waals surface area (Å²) in [6.07, 6.45) is 4.55. The first kappa shape index (κ1) is 24.8. The van der Waals surface area contributed by atoms with Gasteiger partial charge in [-0.15, -0.1) is 0 Å². The van der Waals surface area contributed by atoms with Gasteiger partial charge in [-0.2, -0.15) is 0 Å². The average Bonchev–Trinajstić information content (AvgIpc) is 3.00. The Morgan fingerprint density at radius 1 is 1.21 bits per heavy atom. The standard InChI is InChI=1S/C27H40O6/c1-15(2)6-7-23(31)26(5,32)22-9-11-27(33)17-12-19(28)18-13-20(29)21(30)14-24(18,3)16(17)8-10-25(22,27)4/h8,12,15,18,20-22,29-30,32-33H,6-7,9-11,13-14H2,1-5H3/t18?,20-,21+,22+,24-,25-,26-,27-/m1/s1. The van der Waals surface area contributed by atoms with Crippen molar-refractivity contribution in [3.05, 3.63) is 23.3 Å². The molecule has 4 aliphatic carbocycles. The largest absolute Gasteiger partial charge is 0.390 e. The summed E-state index contributed by atoms with van der Waals surface area (Å²) in [7, 11) is 0. The first-order valence-electron chi connectivity index (χ1n) is 12.5. The molecular formula is C27H40O6. The lowest BCUT2D eigenvalue weighted by molar-refractivity contribution is -0.153. The van der Waals surface area contributed by atoms with Crippen molar-refractivity contribution in [1.29, 1.82) is 0 Å². The predicted molar refractivity (Wildman–Crippen MR) is 124 cm³/mol. The number of fused-ring (bicyclic) bond motifs is 5. The van der Waals surface area contributed by atoms with E-state index in [-0.39, 0.29) is 24.4 Å². The van der Waals surface area contributed by atoms with E-state index < -0.39 is 46.1 Å². The number of allylic oxidation sites excluding steroid dienone is 2. The fourth-order valence-electron chi connectivity index (χ4n) is 7.49. The SMILES string of the molecule is CC(C)CCC(=O)[C@](C)(O)[C@H]1CC[C@@]2(O)C3=CC(=O)C4C[C@@H](O)[C@@H](O)C[C@]4(C)C3=CC[C@]12C. The molecule has 6 heteroatoms. The number of carbonyl (C=O) groups excluding carboxylic acids is 2. The minimum Gasteiger partial charge on any atom is -0.390 e. The molecule has 0 amide bonds. The Balaban J connectivity index is 1.72. The maximum Gasteiger partial charge on any atom is 0.164 e. The Bertz CT molecular complexity index is 916. The minimum atomic E-state index is -1.56. The number of hydrogen-bond donors (Lipinski definition) is 4. The summed E-state index contributed by atoms with van der Waals surface area (Å²) in [5.41, 5.74) is -2.90. The van der Waals surface area contributed by atoms with Gasteiger partial charge in [-0.1, -0.05) is 33.8 Å². The van der Waals surface area contributed by atoms with Crippen LogP contribution in [0.3, 0.4) is 0 Å². The molecule has 4 aliphatic rings. The molecule has 184 valence electrons. The molecule has 0 saturated heterocycles. The van der Waals surface area contributed by atoms with Crippen LogP contribution < -0.4 is 0 Å². The quantitative estimate of drug-likeness (QED) is 0.502. The second kappa shape index (κ2) is 7.84. The van der Waals surface area contributed by atoms with Crippen LogP contribution in [0.4, 0.5) is 0 Å². The Hall–Kier alpha value is -1.34. The van der Waals surface area contributed by atoms with Gasteiger partial charge < -0.3 is 20.4 Å². The molecule has 8 atom stereocenters. The monoisotopic (exact) mass is 460 g/mol. The minimum absolute atomic E-state index is 0.128. The molecule has 0 aliphatic heterocycles. The zero-order valence-corrected chi connectivity index (χ0v) is 20.6. The van der Waals surface area contributed by atoms with E-state index in [2.05, 4.69) is 6.08 Å². The van der Waals surface area contributed by atoms with E-state index in [1.807, 2.05) is 27.7 Å². The molecule has 4 rings (SSSR count). The maximum atomic E-state index is 13.2. The first-order valence-corrected chi connectivity index (χ1v) is 12.5. The van der Waals surface area contributed by atoms with E-state index in [1.165, 1.54) is 6.08 Å². The number of carbonyl (C=O) groups is 2. The van der Waals surface area contributed by atoms with Crippen molar-refractivity contribution in [2.24, 2.45) is 28.6 Å². The molecule has 0 bridgehead atoms. The van der Waals surface area contributed by atoms with Crippen LogP contribution >= 0.6 is 0 Å². The molecule has 2 saturated carbocycles. The zero-order valence-electron chi connectivity index (χ0n) is 20.6. The molecule has 33 heavy (non-hydrogen) atoms. The Morgan fingerprint density at radius 2 is 1.88 bits per heavy atom. The molecule has 6 nitrogen and oxygen atoms in total. The third-order valence-corrected chi connectivity index (χ3v) is 9.74. The Kier molecular flexibility index (Phi) is 5.88. The van der Waals surface area contributed by atoms with Crippen molar-refractivity contribution in [2.75, 3.05) is 0 Å². The van der Waals surface area contributed by atoms with Crippen LogP contribution in [0.25, 0.3) is 0 Å². The highest BCUT2D eigenvalue weighted by atomic mass is 16.3. The molecule has 1 unspecified atom stereocenters.